The van der Waals surface area contributed by atoms with Crippen molar-refractivity contribution >= 4 is 12.0 Å². The SMILES string of the molecule is CC=CCOc1ccc(C=CC(=O)O)cc1C(F)(F)F. The molecule has 0 atom stereocenters. The fraction of sp³-hybridized carbons (Fsp3) is 0.214. The number of allylic oxidation sites excluding steroid dienone is 1. The van der Waals surface area contributed by atoms with Crippen molar-refractivity contribution < 1.29 is 27.8 Å². The molecule has 0 aliphatic carbocycles. The van der Waals surface area contributed by atoms with Gasteiger partial charge in [0.05, 0.1) is 5.56 Å². The lowest BCUT2D eigenvalue weighted by Gasteiger charge is -2.13. The van der Waals surface area contributed by atoms with Crippen molar-refractivity contribution in [1.29, 1.82) is 0 Å². The number of halogens is 3. The number of carboxylic acids is 1. The van der Waals surface area contributed by atoms with Crippen LogP contribution in [-0.2, 0) is 11.0 Å². The predicted octanol–water partition coefficient (Wildman–Crippen LogP) is 3.76. The largest absolute Gasteiger partial charge is 0.489 e. The van der Waals surface area contributed by atoms with E-state index in [0.717, 1.165) is 18.2 Å². The van der Waals surface area contributed by atoms with E-state index in [1.165, 1.54) is 12.1 Å². The summed E-state index contributed by atoms with van der Waals surface area (Å²) in [5, 5.41) is 8.46. The third kappa shape index (κ3) is 4.79. The lowest BCUT2D eigenvalue weighted by Crippen LogP contribution is -2.09. The van der Waals surface area contributed by atoms with Gasteiger partial charge in [-0.2, -0.15) is 13.2 Å². The van der Waals surface area contributed by atoms with E-state index >= 15 is 0 Å². The van der Waals surface area contributed by atoms with E-state index in [1.807, 2.05) is 0 Å². The lowest BCUT2D eigenvalue weighted by atomic mass is 10.1. The Kier molecular flexibility index (Phi) is 5.37. The van der Waals surface area contributed by atoms with E-state index in [2.05, 4.69) is 0 Å². The molecule has 6 heteroatoms. The molecule has 20 heavy (non-hydrogen) atoms. The first-order valence-corrected chi connectivity index (χ1v) is 5.71. The van der Waals surface area contributed by atoms with Crippen molar-refractivity contribution in [3.05, 3.63) is 47.6 Å². The van der Waals surface area contributed by atoms with Crippen molar-refractivity contribution in [3.8, 4) is 5.75 Å². The molecule has 1 aromatic carbocycles. The second-order valence-electron chi connectivity index (χ2n) is 3.80. The van der Waals surface area contributed by atoms with Crippen molar-refractivity contribution in [1.82, 2.24) is 0 Å². The Labute approximate surface area is 114 Å². The van der Waals surface area contributed by atoms with Gasteiger partial charge in [0.15, 0.2) is 0 Å². The molecule has 3 nitrogen and oxygen atoms in total. The molecule has 0 saturated heterocycles. The highest BCUT2D eigenvalue weighted by molar-refractivity contribution is 5.85. The van der Waals surface area contributed by atoms with Gasteiger partial charge >= 0.3 is 12.1 Å². The van der Waals surface area contributed by atoms with Crippen LogP contribution in [0.1, 0.15) is 18.1 Å². The minimum absolute atomic E-state index is 0.0316. The number of carbonyl (C=O) groups is 1. The van der Waals surface area contributed by atoms with Crippen molar-refractivity contribution in [2.75, 3.05) is 6.61 Å². The molecule has 1 aromatic rings. The molecular formula is C14H13F3O3. The van der Waals surface area contributed by atoms with Crippen molar-refractivity contribution in [2.45, 2.75) is 13.1 Å². The molecule has 0 unspecified atom stereocenters. The topological polar surface area (TPSA) is 46.5 Å². The molecular weight excluding hydrogens is 273 g/mol. The van der Waals surface area contributed by atoms with Gasteiger partial charge in [-0.1, -0.05) is 18.2 Å². The van der Waals surface area contributed by atoms with Gasteiger partial charge in [-0.05, 0) is 30.7 Å². The number of ether oxygens (including phenoxy) is 1. The van der Waals surface area contributed by atoms with Gasteiger partial charge in [-0.15, -0.1) is 0 Å². The summed E-state index contributed by atoms with van der Waals surface area (Å²) in [5.41, 5.74) is -0.798. The Morgan fingerprint density at radius 1 is 1.40 bits per heavy atom. The zero-order valence-corrected chi connectivity index (χ0v) is 10.6. The number of aliphatic carboxylic acids is 1. The fourth-order valence-corrected chi connectivity index (χ4v) is 1.40. The zero-order chi connectivity index (χ0) is 15.2. The van der Waals surface area contributed by atoms with E-state index in [4.69, 9.17) is 9.84 Å². The van der Waals surface area contributed by atoms with Crippen molar-refractivity contribution in [2.24, 2.45) is 0 Å². The molecule has 108 valence electrons. The number of hydrogen-bond acceptors (Lipinski definition) is 2. The third-order valence-corrected chi connectivity index (χ3v) is 2.30. The van der Waals surface area contributed by atoms with E-state index in [-0.39, 0.29) is 17.9 Å². The first kappa shape index (κ1) is 15.8. The molecule has 0 aliphatic rings. The van der Waals surface area contributed by atoms with Crippen LogP contribution in [-0.4, -0.2) is 17.7 Å². The van der Waals surface area contributed by atoms with E-state index in [1.54, 1.807) is 19.1 Å². The van der Waals surface area contributed by atoms with Gasteiger partial charge in [-0.25, -0.2) is 4.79 Å². The normalized spacial score (nSPS) is 12.2. The summed E-state index contributed by atoms with van der Waals surface area (Å²) in [6.45, 7) is 1.76. The van der Waals surface area contributed by atoms with E-state index in [9.17, 15) is 18.0 Å². The fourth-order valence-electron chi connectivity index (χ4n) is 1.40. The molecule has 0 aliphatic heterocycles. The number of carboxylic acid groups (broad SMARTS) is 1. The van der Waals surface area contributed by atoms with Crippen LogP contribution in [0.15, 0.2) is 36.4 Å². The molecule has 0 fully saturated rings. The van der Waals surface area contributed by atoms with Crippen LogP contribution in [0.4, 0.5) is 13.2 Å². The molecule has 0 saturated carbocycles. The average molecular weight is 286 g/mol. The minimum Gasteiger partial charge on any atom is -0.489 e. The number of hydrogen-bond donors (Lipinski definition) is 1. The lowest BCUT2D eigenvalue weighted by molar-refractivity contribution is -0.139. The summed E-state index contributed by atoms with van der Waals surface area (Å²) in [4.78, 5) is 10.4. The molecule has 0 aromatic heterocycles. The first-order chi connectivity index (χ1) is 9.34. The number of alkyl halides is 3. The van der Waals surface area contributed by atoms with Crippen molar-refractivity contribution in [3.63, 3.8) is 0 Å². The Morgan fingerprint density at radius 3 is 2.65 bits per heavy atom. The Morgan fingerprint density at radius 2 is 2.10 bits per heavy atom. The van der Waals surface area contributed by atoms with Gasteiger partial charge in [0.25, 0.3) is 0 Å². The summed E-state index contributed by atoms with van der Waals surface area (Å²) in [7, 11) is 0. The first-order valence-electron chi connectivity index (χ1n) is 5.71. The molecule has 0 spiro atoms. The summed E-state index contributed by atoms with van der Waals surface area (Å²) in [6.07, 6.45) is 0.539. The van der Waals surface area contributed by atoms with E-state index < -0.39 is 17.7 Å². The van der Waals surface area contributed by atoms with Gasteiger partial charge in [0, 0.05) is 6.08 Å². The molecule has 0 radical (unpaired) electrons. The maximum Gasteiger partial charge on any atom is 0.419 e. The van der Waals surface area contributed by atoms with Crippen LogP contribution >= 0.6 is 0 Å². The van der Waals surface area contributed by atoms with Gasteiger partial charge < -0.3 is 9.84 Å². The van der Waals surface area contributed by atoms with Crippen LogP contribution in [0.2, 0.25) is 0 Å². The number of benzene rings is 1. The maximum atomic E-state index is 12.9. The highest BCUT2D eigenvalue weighted by Crippen LogP contribution is 2.37. The Balaban J connectivity index is 3.10. The average Bonchev–Trinajstić information content (AvgIpc) is 2.36. The van der Waals surface area contributed by atoms with E-state index in [0.29, 0.717) is 0 Å². The Bertz CT molecular complexity index is 531. The quantitative estimate of drug-likeness (QED) is 0.662. The molecule has 0 bridgehead atoms. The molecule has 0 heterocycles. The highest BCUT2D eigenvalue weighted by Gasteiger charge is 2.34. The van der Waals surface area contributed by atoms with Crippen LogP contribution in [0.5, 0.6) is 5.75 Å². The zero-order valence-electron chi connectivity index (χ0n) is 10.6. The van der Waals surface area contributed by atoms with Crippen LogP contribution in [0.25, 0.3) is 6.08 Å². The second-order valence-corrected chi connectivity index (χ2v) is 3.80. The highest BCUT2D eigenvalue weighted by atomic mass is 19.4. The maximum absolute atomic E-state index is 12.9. The molecule has 1 rings (SSSR count). The monoisotopic (exact) mass is 286 g/mol. The number of rotatable bonds is 5. The predicted molar refractivity (Wildman–Crippen MR) is 68.4 cm³/mol. The molecule has 1 N–H and O–H groups in total. The summed E-state index contributed by atoms with van der Waals surface area (Å²) >= 11 is 0. The van der Waals surface area contributed by atoms with Gasteiger partial charge in [0.1, 0.15) is 12.4 Å². The second kappa shape index (κ2) is 6.79. The summed E-state index contributed by atoms with van der Waals surface area (Å²) in [6, 6.07) is 3.39. The smallest absolute Gasteiger partial charge is 0.419 e. The summed E-state index contributed by atoms with van der Waals surface area (Å²) in [5.74, 6) is -1.52. The van der Waals surface area contributed by atoms with Crippen LogP contribution in [0.3, 0.4) is 0 Å². The summed E-state index contributed by atoms with van der Waals surface area (Å²) < 4.78 is 43.7. The van der Waals surface area contributed by atoms with Crippen LogP contribution < -0.4 is 4.74 Å². The minimum atomic E-state index is -4.57. The standard InChI is InChI=1S/C14H13F3O3/c1-2-3-8-20-12-6-4-10(5-7-13(18)19)9-11(12)14(15,16)17/h2-7,9H,8H2,1H3,(H,18,19). The Hall–Kier alpha value is -2.24. The third-order valence-electron chi connectivity index (χ3n) is 2.30. The van der Waals surface area contributed by atoms with Crippen LogP contribution in [0, 0.1) is 0 Å². The van der Waals surface area contributed by atoms with Gasteiger partial charge in [0.2, 0.25) is 0 Å². The molecule has 0 amide bonds. The van der Waals surface area contributed by atoms with Gasteiger partial charge in [-0.3, -0.25) is 0 Å².